The molecule has 2 aromatic rings. The van der Waals surface area contributed by atoms with E-state index in [1.807, 2.05) is 47.0 Å². The first-order chi connectivity index (χ1) is 19.6. The second-order valence-electron chi connectivity index (χ2n) is 13.4. The molecule has 0 unspecified atom stereocenters. The van der Waals surface area contributed by atoms with Gasteiger partial charge in [0.25, 0.3) is 5.91 Å². The quantitative estimate of drug-likeness (QED) is 0.525. The fraction of sp³-hybridized carbons (Fsp3) is 0.594. The van der Waals surface area contributed by atoms with Gasteiger partial charge in [-0.1, -0.05) is 25.5 Å². The van der Waals surface area contributed by atoms with Crippen LogP contribution in [0.25, 0.3) is 11.8 Å². The van der Waals surface area contributed by atoms with E-state index >= 15 is 0 Å². The molecule has 2 heterocycles. The summed E-state index contributed by atoms with van der Waals surface area (Å²) in [6.45, 7) is 6.43. The van der Waals surface area contributed by atoms with E-state index in [-0.39, 0.29) is 35.5 Å². The van der Waals surface area contributed by atoms with E-state index in [1.165, 1.54) is 5.57 Å². The molecule has 1 aromatic carbocycles. The third-order valence-electron chi connectivity index (χ3n) is 11.6. The van der Waals surface area contributed by atoms with E-state index in [0.29, 0.717) is 44.7 Å². The van der Waals surface area contributed by atoms with Crippen LogP contribution in [0.3, 0.4) is 0 Å². The lowest BCUT2D eigenvalue weighted by atomic mass is 9.45. The van der Waals surface area contributed by atoms with Gasteiger partial charge in [-0.05, 0) is 91.5 Å². The number of rotatable bonds is 3. The molecule has 218 valence electrons. The van der Waals surface area contributed by atoms with Crippen molar-refractivity contribution >= 4 is 18.0 Å². The van der Waals surface area contributed by atoms with Crippen LogP contribution in [0.4, 0.5) is 0 Å². The molecular formula is C32H39N3O6. The van der Waals surface area contributed by atoms with Gasteiger partial charge in [0.1, 0.15) is 0 Å². The summed E-state index contributed by atoms with van der Waals surface area (Å²) in [4.78, 5) is 27.1. The molecule has 4 aliphatic carbocycles. The Morgan fingerprint density at radius 1 is 1.15 bits per heavy atom. The average Bonchev–Trinajstić information content (AvgIpc) is 3.49. The molecule has 9 heteroatoms. The van der Waals surface area contributed by atoms with Gasteiger partial charge >= 0.3 is 5.97 Å². The van der Waals surface area contributed by atoms with E-state index in [2.05, 4.69) is 13.0 Å². The molecule has 7 atom stereocenters. The number of ether oxygens (including phenoxy) is 1. The first kappa shape index (κ1) is 26.9. The zero-order valence-electron chi connectivity index (χ0n) is 23.8. The van der Waals surface area contributed by atoms with Crippen LogP contribution < -0.4 is 0 Å². The number of nitrogens with zero attached hydrogens (tertiary/aromatic N) is 3. The largest absolute Gasteiger partial charge is 0.479 e. The number of morpholine rings is 1. The highest BCUT2D eigenvalue weighted by Gasteiger charge is 2.68. The minimum absolute atomic E-state index is 0.000390. The summed E-state index contributed by atoms with van der Waals surface area (Å²) in [5.41, 5.74) is 1.98. The summed E-state index contributed by atoms with van der Waals surface area (Å²) in [5, 5.41) is 37.6. The molecule has 1 saturated heterocycles. The molecule has 7 rings (SSSR count). The first-order valence-electron chi connectivity index (χ1n) is 15.0. The summed E-state index contributed by atoms with van der Waals surface area (Å²) in [6.07, 6.45) is 7.13. The van der Waals surface area contributed by atoms with Crippen molar-refractivity contribution in [3.8, 4) is 5.69 Å². The SMILES string of the molecule is C[C@]12Cc3cnn(-c4cccc(C(=O)N5CCOCC5)c4)c3C=C1CC[C@@H]1[C@@H]2[C@@H](O)C[C@@]2(C)[C@H]1CC[C@]2(O)C(=O)O. The number of benzene rings is 1. The molecule has 1 aliphatic heterocycles. The van der Waals surface area contributed by atoms with Gasteiger partial charge in [0.15, 0.2) is 5.60 Å². The predicted octanol–water partition coefficient (Wildman–Crippen LogP) is 3.31. The number of carbonyl (C=O) groups is 2. The van der Waals surface area contributed by atoms with Crippen molar-refractivity contribution in [1.29, 1.82) is 0 Å². The topological polar surface area (TPSA) is 125 Å². The number of aliphatic hydroxyl groups is 2. The second-order valence-corrected chi connectivity index (χ2v) is 13.4. The number of hydrogen-bond donors (Lipinski definition) is 3. The Bertz CT molecular complexity index is 1440. The highest BCUT2D eigenvalue weighted by molar-refractivity contribution is 5.94. The summed E-state index contributed by atoms with van der Waals surface area (Å²) < 4.78 is 7.32. The number of hydrogen-bond acceptors (Lipinski definition) is 6. The highest BCUT2D eigenvalue weighted by atomic mass is 16.5. The van der Waals surface area contributed by atoms with Crippen LogP contribution in [0, 0.1) is 28.6 Å². The van der Waals surface area contributed by atoms with E-state index in [9.17, 15) is 24.9 Å². The molecule has 3 saturated carbocycles. The van der Waals surface area contributed by atoms with Crippen LogP contribution in [0.15, 0.2) is 36.0 Å². The average molecular weight is 562 g/mol. The van der Waals surface area contributed by atoms with Gasteiger partial charge in [0.2, 0.25) is 0 Å². The number of carbonyl (C=O) groups excluding carboxylic acids is 1. The maximum atomic E-state index is 13.1. The van der Waals surface area contributed by atoms with Gasteiger partial charge < -0.3 is 25.0 Å². The Kier molecular flexibility index (Phi) is 6.06. The molecule has 9 nitrogen and oxygen atoms in total. The number of amides is 1. The maximum absolute atomic E-state index is 13.1. The minimum Gasteiger partial charge on any atom is -0.479 e. The van der Waals surface area contributed by atoms with Crippen molar-refractivity contribution in [2.75, 3.05) is 26.3 Å². The lowest BCUT2D eigenvalue weighted by Gasteiger charge is -2.60. The van der Waals surface area contributed by atoms with Gasteiger partial charge in [0.05, 0.1) is 36.9 Å². The second kappa shape index (κ2) is 9.24. The smallest absolute Gasteiger partial charge is 0.336 e. The maximum Gasteiger partial charge on any atom is 0.336 e. The van der Waals surface area contributed by atoms with Gasteiger partial charge in [0, 0.05) is 24.1 Å². The summed E-state index contributed by atoms with van der Waals surface area (Å²) >= 11 is 0. The van der Waals surface area contributed by atoms with Gasteiger partial charge in [-0.15, -0.1) is 0 Å². The molecule has 0 radical (unpaired) electrons. The number of allylic oxidation sites excluding steroid dienone is 1. The fourth-order valence-corrected chi connectivity index (χ4v) is 9.47. The van der Waals surface area contributed by atoms with Crippen molar-refractivity contribution in [2.24, 2.45) is 28.6 Å². The Labute approximate surface area is 239 Å². The van der Waals surface area contributed by atoms with E-state index in [4.69, 9.17) is 9.84 Å². The van der Waals surface area contributed by atoms with Gasteiger partial charge in [-0.25, -0.2) is 9.48 Å². The molecular weight excluding hydrogens is 522 g/mol. The number of aliphatic carboxylic acids is 1. The molecule has 1 aromatic heterocycles. The predicted molar refractivity (Wildman–Crippen MR) is 150 cm³/mol. The van der Waals surface area contributed by atoms with Crippen LogP contribution in [-0.4, -0.2) is 79.9 Å². The van der Waals surface area contributed by atoms with Crippen molar-refractivity contribution < 1.29 is 29.6 Å². The molecule has 4 fully saturated rings. The van der Waals surface area contributed by atoms with Crippen LogP contribution in [0.2, 0.25) is 0 Å². The molecule has 0 bridgehead atoms. The molecule has 41 heavy (non-hydrogen) atoms. The molecule has 0 spiro atoms. The van der Waals surface area contributed by atoms with Crippen LogP contribution in [-0.2, 0) is 16.0 Å². The lowest BCUT2D eigenvalue weighted by Crippen LogP contribution is -2.61. The number of aromatic nitrogens is 2. The van der Waals surface area contributed by atoms with Gasteiger partial charge in [-0.2, -0.15) is 5.10 Å². The van der Waals surface area contributed by atoms with Crippen LogP contribution in [0.5, 0.6) is 0 Å². The first-order valence-corrected chi connectivity index (χ1v) is 15.0. The third-order valence-corrected chi connectivity index (χ3v) is 11.6. The summed E-state index contributed by atoms with van der Waals surface area (Å²) in [6, 6.07) is 7.63. The van der Waals surface area contributed by atoms with Crippen LogP contribution >= 0.6 is 0 Å². The van der Waals surface area contributed by atoms with Crippen LogP contribution in [0.1, 0.15) is 67.6 Å². The van der Waals surface area contributed by atoms with E-state index in [0.717, 1.165) is 36.2 Å². The number of aliphatic hydroxyl groups excluding tert-OH is 1. The zero-order chi connectivity index (χ0) is 28.7. The Balaban J connectivity index is 1.20. The van der Waals surface area contributed by atoms with Crippen molar-refractivity contribution in [3.05, 3.63) is 52.9 Å². The monoisotopic (exact) mass is 561 g/mol. The molecule has 5 aliphatic rings. The standard InChI is InChI=1S/C32H39N3O6/c1-30-16-20-18-33-35(22-5-3-4-19(14-22)28(37)34-10-12-41-13-11-34)25(20)15-21(30)6-7-23-24-8-9-32(40,29(38)39)31(24,2)17-26(36)27(23)30/h3-5,14-15,18,23-24,26-27,36,40H,6-13,16-17H2,1-2H3,(H,38,39)/t23-,24-,26-,27+,30-,31-,32-/m0/s1. The van der Waals surface area contributed by atoms with E-state index < -0.39 is 23.1 Å². The number of carboxylic acid groups (broad SMARTS) is 1. The normalized spacial score (nSPS) is 37.9. The number of fused-ring (bicyclic) bond motifs is 6. The summed E-state index contributed by atoms with van der Waals surface area (Å²) in [7, 11) is 0. The Hall–Kier alpha value is -3.01. The fourth-order valence-electron chi connectivity index (χ4n) is 9.47. The number of carboxylic acids is 1. The highest BCUT2D eigenvalue weighted by Crippen LogP contribution is 2.67. The summed E-state index contributed by atoms with van der Waals surface area (Å²) in [5.74, 6) is -0.964. The zero-order valence-corrected chi connectivity index (χ0v) is 23.8. The molecule has 3 N–H and O–H groups in total. The lowest BCUT2D eigenvalue weighted by molar-refractivity contribution is -0.193. The Morgan fingerprint density at radius 2 is 1.93 bits per heavy atom. The Morgan fingerprint density at radius 3 is 2.68 bits per heavy atom. The minimum atomic E-state index is -1.79. The van der Waals surface area contributed by atoms with Crippen molar-refractivity contribution in [1.82, 2.24) is 14.7 Å². The molecule has 1 amide bonds. The third kappa shape index (κ3) is 3.74. The van der Waals surface area contributed by atoms with Crippen molar-refractivity contribution in [2.45, 2.75) is 64.1 Å². The van der Waals surface area contributed by atoms with E-state index in [1.54, 1.807) is 0 Å². The van der Waals surface area contributed by atoms with Gasteiger partial charge in [-0.3, -0.25) is 4.79 Å². The van der Waals surface area contributed by atoms with Crippen molar-refractivity contribution in [3.63, 3.8) is 0 Å².